The number of nitriles is 1. The van der Waals surface area contributed by atoms with Crippen LogP contribution in [0.3, 0.4) is 0 Å². The van der Waals surface area contributed by atoms with E-state index in [1.807, 2.05) is 30.3 Å². The molecule has 0 radical (unpaired) electrons. The summed E-state index contributed by atoms with van der Waals surface area (Å²) in [5.41, 5.74) is 1.40. The van der Waals surface area contributed by atoms with E-state index in [1.165, 1.54) is 19.2 Å². The number of pyridine rings is 1. The minimum absolute atomic E-state index is 0.0954. The van der Waals surface area contributed by atoms with Crippen LogP contribution in [0.4, 0.5) is 5.69 Å². The zero-order valence-electron chi connectivity index (χ0n) is 15.5. The predicted octanol–water partition coefficient (Wildman–Crippen LogP) is 2.96. The van der Waals surface area contributed by atoms with Gasteiger partial charge in [-0.15, -0.1) is 0 Å². The fourth-order valence-electron chi connectivity index (χ4n) is 2.62. The SMILES string of the molecule is COc1nc(C#N)ccc1NC(=O)C(CCS(C)(=O)=O)Cc1cccc(Br)c1. The maximum Gasteiger partial charge on any atom is 0.238 e. The Morgan fingerprint density at radius 3 is 2.71 bits per heavy atom. The average molecular weight is 466 g/mol. The number of carbonyl (C=O) groups is 1. The first kappa shape index (κ1) is 21.9. The van der Waals surface area contributed by atoms with Crippen LogP contribution in [0.1, 0.15) is 17.7 Å². The first-order valence-electron chi connectivity index (χ1n) is 8.40. The standard InChI is InChI=1S/C19H20BrN3O4S/c1-27-19-17(7-6-16(12-21)22-19)23-18(24)14(8-9-28(2,25)26)10-13-4-3-5-15(20)11-13/h3-7,11,14H,8-10H2,1-2H3,(H,23,24). The second kappa shape index (κ2) is 9.66. The molecular formula is C19H20BrN3O4S. The largest absolute Gasteiger partial charge is 0.479 e. The topological polar surface area (TPSA) is 109 Å². The fourth-order valence-corrected chi connectivity index (χ4v) is 3.78. The summed E-state index contributed by atoms with van der Waals surface area (Å²) in [7, 11) is -1.82. The molecule has 0 aliphatic rings. The maximum atomic E-state index is 12.9. The molecule has 2 rings (SSSR count). The van der Waals surface area contributed by atoms with Crippen molar-refractivity contribution in [2.75, 3.05) is 24.4 Å². The van der Waals surface area contributed by atoms with Crippen LogP contribution in [0.15, 0.2) is 40.9 Å². The van der Waals surface area contributed by atoms with E-state index in [2.05, 4.69) is 26.2 Å². The third-order valence-electron chi connectivity index (χ3n) is 4.01. The van der Waals surface area contributed by atoms with E-state index in [-0.39, 0.29) is 29.7 Å². The lowest BCUT2D eigenvalue weighted by atomic mass is 9.96. The molecule has 1 N–H and O–H groups in total. The number of hydrogen-bond donors (Lipinski definition) is 1. The summed E-state index contributed by atoms with van der Waals surface area (Å²) in [6, 6.07) is 12.4. The third kappa shape index (κ3) is 6.62. The van der Waals surface area contributed by atoms with Gasteiger partial charge in [-0.1, -0.05) is 28.1 Å². The zero-order valence-corrected chi connectivity index (χ0v) is 17.9. The Labute approximate surface area is 172 Å². The summed E-state index contributed by atoms with van der Waals surface area (Å²) in [4.78, 5) is 16.9. The number of nitrogens with one attached hydrogen (secondary N) is 1. The van der Waals surface area contributed by atoms with Crippen LogP contribution in [-0.2, 0) is 21.1 Å². The zero-order chi connectivity index (χ0) is 20.7. The summed E-state index contributed by atoms with van der Waals surface area (Å²) < 4.78 is 29.2. The van der Waals surface area contributed by atoms with Crippen molar-refractivity contribution in [3.63, 3.8) is 0 Å². The quantitative estimate of drug-likeness (QED) is 0.641. The molecule has 1 unspecified atom stereocenters. The molecule has 28 heavy (non-hydrogen) atoms. The number of amides is 1. The van der Waals surface area contributed by atoms with Crippen LogP contribution < -0.4 is 10.1 Å². The molecule has 0 fully saturated rings. The van der Waals surface area contributed by atoms with Gasteiger partial charge in [-0.25, -0.2) is 13.4 Å². The van der Waals surface area contributed by atoms with Crippen LogP contribution in [0, 0.1) is 17.2 Å². The van der Waals surface area contributed by atoms with Crippen molar-refractivity contribution in [2.24, 2.45) is 5.92 Å². The highest BCUT2D eigenvalue weighted by Crippen LogP contribution is 2.24. The van der Waals surface area contributed by atoms with E-state index < -0.39 is 15.8 Å². The normalized spacial score (nSPS) is 12.1. The Hall–Kier alpha value is -2.44. The molecular weight excluding hydrogens is 446 g/mol. The summed E-state index contributed by atoms with van der Waals surface area (Å²) >= 11 is 3.40. The number of aromatic nitrogens is 1. The number of anilines is 1. The lowest BCUT2D eigenvalue weighted by molar-refractivity contribution is -0.119. The number of ether oxygens (including phenoxy) is 1. The van der Waals surface area contributed by atoms with Crippen LogP contribution >= 0.6 is 15.9 Å². The number of sulfone groups is 1. The van der Waals surface area contributed by atoms with Crippen LogP contribution in [-0.4, -0.2) is 38.4 Å². The van der Waals surface area contributed by atoms with Crippen LogP contribution in [0.2, 0.25) is 0 Å². The Bertz CT molecular complexity index is 1000. The highest BCUT2D eigenvalue weighted by molar-refractivity contribution is 9.10. The molecule has 0 aliphatic heterocycles. The molecule has 148 valence electrons. The average Bonchev–Trinajstić information content (AvgIpc) is 2.64. The van der Waals surface area contributed by atoms with Gasteiger partial charge in [0.1, 0.15) is 27.3 Å². The van der Waals surface area contributed by atoms with E-state index in [1.54, 1.807) is 0 Å². The first-order chi connectivity index (χ1) is 13.2. The molecule has 0 aliphatic carbocycles. The number of hydrogen-bond acceptors (Lipinski definition) is 6. The summed E-state index contributed by atoms with van der Waals surface area (Å²) in [6.45, 7) is 0. The number of methoxy groups -OCH3 is 1. The van der Waals surface area contributed by atoms with E-state index in [9.17, 15) is 13.2 Å². The Kier molecular flexibility index (Phi) is 7.54. The van der Waals surface area contributed by atoms with Gasteiger partial charge in [-0.05, 0) is 42.7 Å². The minimum atomic E-state index is -3.21. The van der Waals surface area contributed by atoms with Crippen molar-refractivity contribution < 1.29 is 17.9 Å². The van der Waals surface area contributed by atoms with Crippen molar-refractivity contribution in [1.29, 1.82) is 5.26 Å². The first-order valence-corrected chi connectivity index (χ1v) is 11.3. The van der Waals surface area contributed by atoms with Gasteiger partial charge in [-0.3, -0.25) is 4.79 Å². The molecule has 7 nitrogen and oxygen atoms in total. The lowest BCUT2D eigenvalue weighted by Crippen LogP contribution is -2.27. The van der Waals surface area contributed by atoms with Gasteiger partial charge in [0.2, 0.25) is 11.8 Å². The number of benzene rings is 1. The Balaban J connectivity index is 2.24. The number of halogens is 1. The molecule has 1 atom stereocenters. The van der Waals surface area contributed by atoms with Gasteiger partial charge < -0.3 is 10.1 Å². The second-order valence-corrected chi connectivity index (χ2v) is 9.48. The molecule has 1 heterocycles. The van der Waals surface area contributed by atoms with E-state index in [0.717, 1.165) is 16.3 Å². The third-order valence-corrected chi connectivity index (χ3v) is 5.48. The molecule has 9 heteroatoms. The monoisotopic (exact) mass is 465 g/mol. The molecule has 1 aromatic heterocycles. The molecule has 0 saturated heterocycles. The van der Waals surface area contributed by atoms with Crippen molar-refractivity contribution in [3.8, 4) is 11.9 Å². The maximum absolute atomic E-state index is 12.9. The van der Waals surface area contributed by atoms with E-state index in [4.69, 9.17) is 10.00 Å². The van der Waals surface area contributed by atoms with Gasteiger partial charge >= 0.3 is 0 Å². The van der Waals surface area contributed by atoms with Crippen molar-refractivity contribution >= 4 is 37.4 Å². The highest BCUT2D eigenvalue weighted by Gasteiger charge is 2.22. The Morgan fingerprint density at radius 2 is 2.11 bits per heavy atom. The van der Waals surface area contributed by atoms with Gasteiger partial charge in [0.25, 0.3) is 0 Å². The smallest absolute Gasteiger partial charge is 0.238 e. The van der Waals surface area contributed by atoms with Gasteiger partial charge in [0.05, 0.1) is 12.9 Å². The number of carbonyl (C=O) groups excluding carboxylic acids is 1. The molecule has 1 aromatic carbocycles. The number of rotatable bonds is 8. The summed E-state index contributed by atoms with van der Waals surface area (Å²) in [6.07, 6.45) is 1.71. The fraction of sp³-hybridized carbons (Fsp3) is 0.316. The summed E-state index contributed by atoms with van der Waals surface area (Å²) in [5.74, 6) is -0.878. The van der Waals surface area contributed by atoms with E-state index >= 15 is 0 Å². The van der Waals surface area contributed by atoms with Crippen molar-refractivity contribution in [2.45, 2.75) is 12.8 Å². The number of nitrogens with zero attached hydrogens (tertiary/aromatic N) is 2. The molecule has 2 aromatic rings. The van der Waals surface area contributed by atoms with Crippen molar-refractivity contribution in [3.05, 3.63) is 52.1 Å². The van der Waals surface area contributed by atoms with Crippen molar-refractivity contribution in [1.82, 2.24) is 4.98 Å². The van der Waals surface area contributed by atoms with Gasteiger partial charge in [-0.2, -0.15) is 5.26 Å². The highest BCUT2D eigenvalue weighted by atomic mass is 79.9. The minimum Gasteiger partial charge on any atom is -0.479 e. The van der Waals surface area contributed by atoms with E-state index in [0.29, 0.717) is 12.1 Å². The molecule has 0 saturated carbocycles. The Morgan fingerprint density at radius 1 is 1.36 bits per heavy atom. The second-order valence-electron chi connectivity index (χ2n) is 6.30. The van der Waals surface area contributed by atoms with Gasteiger partial charge in [0, 0.05) is 16.6 Å². The lowest BCUT2D eigenvalue weighted by Gasteiger charge is -2.18. The van der Waals surface area contributed by atoms with Crippen LogP contribution in [0.25, 0.3) is 0 Å². The molecule has 0 bridgehead atoms. The van der Waals surface area contributed by atoms with Gasteiger partial charge in [0.15, 0.2) is 0 Å². The van der Waals surface area contributed by atoms with Crippen LogP contribution in [0.5, 0.6) is 5.88 Å². The predicted molar refractivity (Wildman–Crippen MR) is 110 cm³/mol. The molecule has 0 spiro atoms. The summed E-state index contributed by atoms with van der Waals surface area (Å²) in [5, 5.41) is 11.7. The molecule has 1 amide bonds.